The van der Waals surface area contributed by atoms with Crippen molar-refractivity contribution in [1.29, 1.82) is 0 Å². The summed E-state index contributed by atoms with van der Waals surface area (Å²) in [4.78, 5) is 30.1. The standard InChI is InChI=1S/C30H26Cl2FN3O2/c1-35(2)28-15-14-23(34-29(37)24-10-3-5-12-26(24)31)17-21(28)19-36(18-20-8-7-9-22(33)16-20)30(38)25-11-4-6-13-27(25)32/h3-17H,18-19H2,1-2H3,(H,34,37). The van der Waals surface area contributed by atoms with Crippen molar-refractivity contribution < 1.29 is 14.0 Å². The molecule has 0 saturated carbocycles. The van der Waals surface area contributed by atoms with E-state index in [4.69, 9.17) is 23.2 Å². The maximum absolute atomic E-state index is 14.0. The van der Waals surface area contributed by atoms with Crippen LogP contribution in [0.1, 0.15) is 31.8 Å². The zero-order valence-electron chi connectivity index (χ0n) is 20.9. The molecule has 194 valence electrons. The average molecular weight is 550 g/mol. The summed E-state index contributed by atoms with van der Waals surface area (Å²) in [5, 5.41) is 3.57. The number of halogens is 3. The molecule has 0 unspecified atom stereocenters. The van der Waals surface area contributed by atoms with Gasteiger partial charge in [-0.15, -0.1) is 0 Å². The van der Waals surface area contributed by atoms with E-state index in [9.17, 15) is 14.0 Å². The van der Waals surface area contributed by atoms with Crippen LogP contribution in [0.4, 0.5) is 15.8 Å². The predicted molar refractivity (Wildman–Crippen MR) is 152 cm³/mol. The minimum absolute atomic E-state index is 0.158. The number of carbonyl (C=O) groups is 2. The highest BCUT2D eigenvalue weighted by Crippen LogP contribution is 2.28. The largest absolute Gasteiger partial charge is 0.377 e. The Labute approximate surface area is 231 Å². The number of hydrogen-bond donors (Lipinski definition) is 1. The lowest BCUT2D eigenvalue weighted by Gasteiger charge is -2.27. The highest BCUT2D eigenvalue weighted by atomic mass is 35.5. The Balaban J connectivity index is 1.69. The summed E-state index contributed by atoms with van der Waals surface area (Å²) in [6.07, 6.45) is 0. The van der Waals surface area contributed by atoms with E-state index in [0.717, 1.165) is 11.3 Å². The van der Waals surface area contributed by atoms with Crippen molar-refractivity contribution in [3.8, 4) is 0 Å². The zero-order chi connectivity index (χ0) is 27.2. The third kappa shape index (κ3) is 6.52. The molecule has 0 aliphatic heterocycles. The Bertz CT molecular complexity index is 1480. The van der Waals surface area contributed by atoms with E-state index in [1.54, 1.807) is 71.6 Å². The number of benzene rings is 4. The lowest BCUT2D eigenvalue weighted by atomic mass is 10.1. The molecule has 2 amide bonds. The fourth-order valence-corrected chi connectivity index (χ4v) is 4.57. The Morgan fingerprint density at radius 3 is 2.08 bits per heavy atom. The number of anilines is 2. The molecule has 4 rings (SSSR count). The fourth-order valence-electron chi connectivity index (χ4n) is 4.14. The van der Waals surface area contributed by atoms with Gasteiger partial charge in [-0.1, -0.05) is 59.6 Å². The Hall–Kier alpha value is -3.87. The molecule has 0 radical (unpaired) electrons. The van der Waals surface area contributed by atoms with Gasteiger partial charge in [0, 0.05) is 38.6 Å². The molecule has 4 aromatic carbocycles. The van der Waals surface area contributed by atoms with Crippen LogP contribution in [0.3, 0.4) is 0 Å². The van der Waals surface area contributed by atoms with Gasteiger partial charge in [0.15, 0.2) is 0 Å². The minimum Gasteiger partial charge on any atom is -0.377 e. The molecule has 5 nitrogen and oxygen atoms in total. The van der Waals surface area contributed by atoms with E-state index in [0.29, 0.717) is 32.4 Å². The van der Waals surface area contributed by atoms with E-state index < -0.39 is 0 Å². The number of carbonyl (C=O) groups excluding carboxylic acids is 2. The maximum Gasteiger partial charge on any atom is 0.257 e. The molecule has 0 aliphatic carbocycles. The smallest absolute Gasteiger partial charge is 0.257 e. The van der Waals surface area contributed by atoms with Gasteiger partial charge in [-0.25, -0.2) is 4.39 Å². The van der Waals surface area contributed by atoms with Crippen LogP contribution in [0.5, 0.6) is 0 Å². The summed E-state index contributed by atoms with van der Waals surface area (Å²) >= 11 is 12.6. The van der Waals surface area contributed by atoms with Crippen molar-refractivity contribution >= 4 is 46.4 Å². The van der Waals surface area contributed by atoms with Gasteiger partial charge in [0.1, 0.15) is 5.82 Å². The normalized spacial score (nSPS) is 10.7. The summed E-state index contributed by atoms with van der Waals surface area (Å²) in [6.45, 7) is 0.342. The number of nitrogens with zero attached hydrogens (tertiary/aromatic N) is 2. The van der Waals surface area contributed by atoms with Gasteiger partial charge in [-0.3, -0.25) is 9.59 Å². The van der Waals surface area contributed by atoms with Gasteiger partial charge in [0.05, 0.1) is 21.2 Å². The lowest BCUT2D eigenvalue weighted by molar-refractivity contribution is 0.0730. The summed E-state index contributed by atoms with van der Waals surface area (Å²) in [5.41, 5.74) is 3.53. The topological polar surface area (TPSA) is 52.7 Å². The molecule has 38 heavy (non-hydrogen) atoms. The molecule has 8 heteroatoms. The van der Waals surface area contributed by atoms with Gasteiger partial charge in [-0.2, -0.15) is 0 Å². The first kappa shape index (κ1) is 27.2. The molecule has 4 aromatic rings. The predicted octanol–water partition coefficient (Wildman–Crippen LogP) is 7.29. The molecule has 0 aromatic heterocycles. The monoisotopic (exact) mass is 549 g/mol. The first-order valence-corrected chi connectivity index (χ1v) is 12.6. The molecule has 0 spiro atoms. The van der Waals surface area contributed by atoms with Gasteiger partial charge in [0.25, 0.3) is 11.8 Å². The van der Waals surface area contributed by atoms with E-state index in [1.165, 1.54) is 12.1 Å². The zero-order valence-corrected chi connectivity index (χ0v) is 22.4. The molecule has 0 fully saturated rings. The highest BCUT2D eigenvalue weighted by molar-refractivity contribution is 6.34. The SMILES string of the molecule is CN(C)c1ccc(NC(=O)c2ccccc2Cl)cc1CN(Cc1cccc(F)c1)C(=O)c1ccccc1Cl. The summed E-state index contributed by atoms with van der Waals surface area (Å²) in [7, 11) is 3.79. The number of amides is 2. The quantitative estimate of drug-likeness (QED) is 0.251. The Kier molecular flexibility index (Phi) is 8.66. The van der Waals surface area contributed by atoms with Crippen molar-refractivity contribution in [2.75, 3.05) is 24.3 Å². The molecule has 0 saturated heterocycles. The summed E-state index contributed by atoms with van der Waals surface area (Å²) in [5.74, 6) is -1.02. The second-order valence-corrected chi connectivity index (χ2v) is 9.76. The van der Waals surface area contributed by atoms with Crippen LogP contribution in [0.25, 0.3) is 0 Å². The molecule has 0 bridgehead atoms. The molecule has 1 N–H and O–H groups in total. The second kappa shape index (κ2) is 12.1. The van der Waals surface area contributed by atoms with E-state index >= 15 is 0 Å². The Morgan fingerprint density at radius 2 is 1.45 bits per heavy atom. The fraction of sp³-hybridized carbons (Fsp3) is 0.133. The van der Waals surface area contributed by atoms with Crippen LogP contribution in [0.2, 0.25) is 10.0 Å². The van der Waals surface area contributed by atoms with Crippen LogP contribution < -0.4 is 10.2 Å². The lowest BCUT2D eigenvalue weighted by Crippen LogP contribution is -2.31. The molecule has 0 heterocycles. The van der Waals surface area contributed by atoms with E-state index in [1.807, 2.05) is 31.1 Å². The Morgan fingerprint density at radius 1 is 0.789 bits per heavy atom. The van der Waals surface area contributed by atoms with Crippen LogP contribution in [0.15, 0.2) is 91.0 Å². The van der Waals surface area contributed by atoms with Crippen LogP contribution in [-0.2, 0) is 13.1 Å². The van der Waals surface area contributed by atoms with E-state index in [-0.39, 0.29) is 30.7 Å². The first-order chi connectivity index (χ1) is 18.2. The van der Waals surface area contributed by atoms with Gasteiger partial charge in [0.2, 0.25) is 0 Å². The van der Waals surface area contributed by atoms with Crippen LogP contribution in [0, 0.1) is 5.82 Å². The average Bonchev–Trinajstić information content (AvgIpc) is 2.88. The third-order valence-electron chi connectivity index (χ3n) is 5.95. The summed E-state index contributed by atoms with van der Waals surface area (Å²) < 4.78 is 14.0. The van der Waals surface area contributed by atoms with Gasteiger partial charge < -0.3 is 15.1 Å². The first-order valence-electron chi connectivity index (χ1n) is 11.9. The van der Waals surface area contributed by atoms with Crippen molar-refractivity contribution in [3.05, 3.63) is 129 Å². The van der Waals surface area contributed by atoms with Crippen LogP contribution >= 0.6 is 23.2 Å². The van der Waals surface area contributed by atoms with Crippen molar-refractivity contribution in [3.63, 3.8) is 0 Å². The third-order valence-corrected chi connectivity index (χ3v) is 6.61. The van der Waals surface area contributed by atoms with Crippen molar-refractivity contribution in [2.45, 2.75) is 13.1 Å². The molecule has 0 aliphatic rings. The van der Waals surface area contributed by atoms with Gasteiger partial charge in [-0.05, 0) is 65.7 Å². The van der Waals surface area contributed by atoms with Crippen LogP contribution in [-0.4, -0.2) is 30.8 Å². The number of nitrogens with one attached hydrogen (secondary N) is 1. The second-order valence-electron chi connectivity index (χ2n) is 8.94. The highest BCUT2D eigenvalue weighted by Gasteiger charge is 2.21. The number of rotatable bonds is 8. The summed E-state index contributed by atoms with van der Waals surface area (Å²) in [6, 6.07) is 25.3. The molecule has 0 atom stereocenters. The van der Waals surface area contributed by atoms with Gasteiger partial charge >= 0.3 is 0 Å². The van der Waals surface area contributed by atoms with Crippen molar-refractivity contribution in [2.24, 2.45) is 0 Å². The van der Waals surface area contributed by atoms with E-state index in [2.05, 4.69) is 5.32 Å². The molecular formula is C30H26Cl2FN3O2. The number of hydrogen-bond acceptors (Lipinski definition) is 3. The molecular weight excluding hydrogens is 524 g/mol. The van der Waals surface area contributed by atoms with Crippen molar-refractivity contribution in [1.82, 2.24) is 4.90 Å². The maximum atomic E-state index is 14.0. The minimum atomic E-state index is -0.383.